The lowest BCUT2D eigenvalue weighted by Crippen LogP contribution is -2.38. The number of rotatable bonds is 5. The van der Waals surface area contributed by atoms with Gasteiger partial charge in [-0.05, 0) is 25.0 Å². The van der Waals surface area contributed by atoms with Gasteiger partial charge in [0.15, 0.2) is 11.2 Å². The van der Waals surface area contributed by atoms with E-state index in [9.17, 15) is 19.2 Å². The summed E-state index contributed by atoms with van der Waals surface area (Å²) in [5.74, 6) is -0.636. The smallest absolute Gasteiger partial charge is 0.332 e. The van der Waals surface area contributed by atoms with Crippen molar-refractivity contribution < 1.29 is 9.59 Å². The van der Waals surface area contributed by atoms with Crippen LogP contribution in [0.1, 0.15) is 42.5 Å². The maximum Gasteiger partial charge on any atom is 0.332 e. The van der Waals surface area contributed by atoms with E-state index in [2.05, 4.69) is 15.6 Å². The Kier molecular flexibility index (Phi) is 5.93. The Bertz CT molecular complexity index is 1300. The summed E-state index contributed by atoms with van der Waals surface area (Å²) >= 11 is 0. The third-order valence-corrected chi connectivity index (χ3v) is 5.92. The summed E-state index contributed by atoms with van der Waals surface area (Å²) in [6.07, 6.45) is 6.68. The number of hydrogen-bond acceptors (Lipinski definition) is 5. The van der Waals surface area contributed by atoms with Gasteiger partial charge in [0.25, 0.3) is 11.5 Å². The summed E-state index contributed by atoms with van der Waals surface area (Å²) in [6.45, 7) is -0.192. The third-order valence-electron chi connectivity index (χ3n) is 5.92. The zero-order valence-corrected chi connectivity index (χ0v) is 18.1. The number of carbonyl (C=O) groups excluding carboxylic acids is 2. The minimum atomic E-state index is -0.527. The van der Waals surface area contributed by atoms with Gasteiger partial charge in [0.2, 0.25) is 5.91 Å². The molecule has 2 amide bonds. The van der Waals surface area contributed by atoms with E-state index in [1.807, 2.05) is 0 Å². The van der Waals surface area contributed by atoms with Crippen molar-refractivity contribution in [3.63, 3.8) is 0 Å². The topological polar surface area (TPSA) is 120 Å². The Hall–Kier alpha value is -3.69. The Balaban J connectivity index is 1.54. The molecule has 0 bridgehead atoms. The summed E-state index contributed by atoms with van der Waals surface area (Å²) in [6, 6.07) is 6.98. The first-order valence-electron chi connectivity index (χ1n) is 10.7. The zero-order chi connectivity index (χ0) is 22.8. The van der Waals surface area contributed by atoms with Crippen molar-refractivity contribution in [2.45, 2.75) is 44.7 Å². The van der Waals surface area contributed by atoms with Crippen molar-refractivity contribution in [1.82, 2.24) is 24.0 Å². The fourth-order valence-electron chi connectivity index (χ4n) is 4.16. The molecule has 1 aromatic carbocycles. The minimum Gasteiger partial charge on any atom is -0.349 e. The molecule has 2 N–H and O–H groups in total. The predicted octanol–water partition coefficient (Wildman–Crippen LogP) is 1.13. The van der Waals surface area contributed by atoms with Crippen LogP contribution in [0.4, 0.5) is 5.69 Å². The lowest BCUT2D eigenvalue weighted by Gasteiger charge is -2.23. The largest absolute Gasteiger partial charge is 0.349 e. The quantitative estimate of drug-likeness (QED) is 0.619. The first-order valence-corrected chi connectivity index (χ1v) is 10.7. The van der Waals surface area contributed by atoms with Crippen molar-refractivity contribution in [1.29, 1.82) is 0 Å². The highest BCUT2D eigenvalue weighted by molar-refractivity contribution is 6.03. The Morgan fingerprint density at radius 1 is 1.06 bits per heavy atom. The van der Waals surface area contributed by atoms with Gasteiger partial charge in [0, 0.05) is 20.1 Å². The highest BCUT2D eigenvalue weighted by atomic mass is 16.2. The van der Waals surface area contributed by atoms with E-state index >= 15 is 0 Å². The second-order valence-electron chi connectivity index (χ2n) is 8.15. The van der Waals surface area contributed by atoms with E-state index in [1.54, 1.807) is 24.3 Å². The monoisotopic (exact) mass is 438 g/mol. The van der Waals surface area contributed by atoms with Crippen LogP contribution in [0.15, 0.2) is 40.2 Å². The van der Waals surface area contributed by atoms with Gasteiger partial charge in [-0.15, -0.1) is 0 Å². The van der Waals surface area contributed by atoms with Crippen molar-refractivity contribution in [2.75, 3.05) is 5.32 Å². The highest BCUT2D eigenvalue weighted by Gasteiger charge is 2.20. The second kappa shape index (κ2) is 8.81. The number of amides is 2. The van der Waals surface area contributed by atoms with Crippen LogP contribution in [0.5, 0.6) is 0 Å². The average molecular weight is 438 g/mol. The molecule has 0 aliphatic heterocycles. The summed E-state index contributed by atoms with van der Waals surface area (Å²) in [5, 5.41) is 5.83. The van der Waals surface area contributed by atoms with Crippen LogP contribution in [0.25, 0.3) is 11.2 Å². The lowest BCUT2D eigenvalue weighted by atomic mass is 9.95. The van der Waals surface area contributed by atoms with Crippen molar-refractivity contribution >= 4 is 28.7 Å². The van der Waals surface area contributed by atoms with Gasteiger partial charge in [-0.25, -0.2) is 9.78 Å². The molecular weight excluding hydrogens is 412 g/mol. The summed E-state index contributed by atoms with van der Waals surface area (Å²) in [5.41, 5.74) is 0.137. The van der Waals surface area contributed by atoms with E-state index in [0.717, 1.165) is 30.3 Å². The first kappa shape index (κ1) is 21.5. The number of benzene rings is 1. The molecule has 2 aromatic heterocycles. The molecule has 0 saturated heterocycles. The van der Waals surface area contributed by atoms with Crippen molar-refractivity contribution in [2.24, 2.45) is 14.1 Å². The summed E-state index contributed by atoms with van der Waals surface area (Å²) < 4.78 is 3.64. The van der Waals surface area contributed by atoms with Gasteiger partial charge < -0.3 is 15.2 Å². The second-order valence-corrected chi connectivity index (χ2v) is 8.15. The molecule has 0 spiro atoms. The Labute approximate surface area is 183 Å². The van der Waals surface area contributed by atoms with Gasteiger partial charge in [-0.1, -0.05) is 31.4 Å². The highest BCUT2D eigenvalue weighted by Crippen LogP contribution is 2.20. The normalized spacial score (nSPS) is 14.4. The van der Waals surface area contributed by atoms with E-state index in [1.165, 1.54) is 36.0 Å². The molecule has 0 radical (unpaired) electrons. The number of hydrogen-bond donors (Lipinski definition) is 2. The molecule has 10 heteroatoms. The van der Waals surface area contributed by atoms with Crippen LogP contribution in [0.3, 0.4) is 0 Å². The minimum absolute atomic E-state index is 0.153. The van der Waals surface area contributed by atoms with E-state index < -0.39 is 17.2 Å². The SMILES string of the molecule is Cn1c(=O)c2c(ncn2CC(=O)Nc2ccccc2C(=O)NC2CCCCC2)n(C)c1=O. The maximum absolute atomic E-state index is 12.8. The molecule has 1 aliphatic carbocycles. The summed E-state index contributed by atoms with van der Waals surface area (Å²) in [7, 11) is 2.89. The molecule has 1 aliphatic rings. The van der Waals surface area contributed by atoms with Gasteiger partial charge in [-0.3, -0.25) is 23.5 Å². The fraction of sp³-hybridized carbons (Fsp3) is 0.409. The van der Waals surface area contributed by atoms with Crippen molar-refractivity contribution in [3.8, 4) is 0 Å². The Morgan fingerprint density at radius 2 is 1.78 bits per heavy atom. The molecule has 0 atom stereocenters. The molecule has 3 aromatic rings. The van der Waals surface area contributed by atoms with Gasteiger partial charge in [0.1, 0.15) is 6.54 Å². The Morgan fingerprint density at radius 3 is 2.53 bits per heavy atom. The number of carbonyl (C=O) groups is 2. The van der Waals surface area contributed by atoms with Gasteiger partial charge >= 0.3 is 5.69 Å². The number of fused-ring (bicyclic) bond motifs is 1. The first-order chi connectivity index (χ1) is 15.4. The predicted molar refractivity (Wildman–Crippen MR) is 120 cm³/mol. The molecule has 2 heterocycles. The molecule has 4 rings (SSSR count). The molecule has 10 nitrogen and oxygen atoms in total. The molecule has 168 valence electrons. The van der Waals surface area contributed by atoms with E-state index in [0.29, 0.717) is 11.3 Å². The van der Waals surface area contributed by atoms with Crippen LogP contribution in [0.2, 0.25) is 0 Å². The lowest BCUT2D eigenvalue weighted by molar-refractivity contribution is -0.116. The van der Waals surface area contributed by atoms with E-state index in [-0.39, 0.29) is 29.7 Å². The van der Waals surface area contributed by atoms with Crippen LogP contribution in [-0.4, -0.2) is 36.5 Å². The molecule has 1 saturated carbocycles. The van der Waals surface area contributed by atoms with Crippen LogP contribution >= 0.6 is 0 Å². The fourth-order valence-corrected chi connectivity index (χ4v) is 4.16. The average Bonchev–Trinajstić information content (AvgIpc) is 3.20. The number of aromatic nitrogens is 4. The number of anilines is 1. The number of nitrogens with one attached hydrogen (secondary N) is 2. The number of para-hydroxylation sites is 1. The molecular formula is C22H26N6O4. The number of imidazole rings is 1. The molecule has 0 unspecified atom stereocenters. The molecule has 32 heavy (non-hydrogen) atoms. The standard InChI is InChI=1S/C22H26N6O4/c1-26-19-18(21(31)27(2)22(26)32)28(13-23-19)12-17(29)25-16-11-7-6-10-15(16)20(30)24-14-8-4-3-5-9-14/h6-7,10-11,13-14H,3-5,8-9,12H2,1-2H3,(H,24,30)(H,25,29). The van der Waals surface area contributed by atoms with E-state index in [4.69, 9.17) is 0 Å². The van der Waals surface area contributed by atoms with Crippen LogP contribution in [-0.2, 0) is 25.4 Å². The van der Waals surface area contributed by atoms with Crippen molar-refractivity contribution in [3.05, 3.63) is 57.0 Å². The van der Waals surface area contributed by atoms with Gasteiger partial charge in [0.05, 0.1) is 17.6 Å². The molecule has 1 fully saturated rings. The maximum atomic E-state index is 12.8. The number of nitrogens with zero attached hydrogens (tertiary/aromatic N) is 4. The number of aryl methyl sites for hydroxylation is 1. The van der Waals surface area contributed by atoms with Crippen LogP contribution in [0, 0.1) is 0 Å². The van der Waals surface area contributed by atoms with Gasteiger partial charge in [-0.2, -0.15) is 0 Å². The zero-order valence-electron chi connectivity index (χ0n) is 18.1. The van der Waals surface area contributed by atoms with Crippen LogP contribution < -0.4 is 21.9 Å². The summed E-state index contributed by atoms with van der Waals surface area (Å²) in [4.78, 5) is 54.3. The third kappa shape index (κ3) is 4.08.